The van der Waals surface area contributed by atoms with Crippen LogP contribution in [-0.2, 0) is 16.6 Å². The highest BCUT2D eigenvalue weighted by Crippen LogP contribution is 2.26. The summed E-state index contributed by atoms with van der Waals surface area (Å²) < 4.78 is 53.7. The number of anilines is 1. The molecule has 112 valence electrons. The van der Waals surface area contributed by atoms with Gasteiger partial charge in [-0.3, -0.25) is 0 Å². The molecule has 0 bridgehead atoms. The van der Waals surface area contributed by atoms with Gasteiger partial charge in [0.15, 0.2) is 0 Å². The highest BCUT2D eigenvalue weighted by atomic mass is 79.9. The molecule has 21 heavy (non-hydrogen) atoms. The lowest BCUT2D eigenvalue weighted by molar-refractivity contribution is 0.553. The van der Waals surface area contributed by atoms with Gasteiger partial charge >= 0.3 is 0 Å². The van der Waals surface area contributed by atoms with Crippen LogP contribution in [0.4, 0.5) is 14.5 Å². The first-order valence-corrected chi connectivity index (χ1v) is 8.06. The molecule has 0 amide bonds. The van der Waals surface area contributed by atoms with Gasteiger partial charge in [-0.05, 0) is 34.1 Å². The molecule has 0 spiro atoms. The summed E-state index contributed by atoms with van der Waals surface area (Å²) in [6.07, 6.45) is 0. The van der Waals surface area contributed by atoms with Gasteiger partial charge in [0, 0.05) is 22.3 Å². The fourth-order valence-electron chi connectivity index (χ4n) is 1.64. The average Bonchev–Trinajstić information content (AvgIpc) is 2.42. The third-order valence-corrected chi connectivity index (χ3v) is 4.85. The van der Waals surface area contributed by atoms with Crippen LogP contribution in [-0.4, -0.2) is 8.42 Å². The van der Waals surface area contributed by atoms with Crippen molar-refractivity contribution in [3.63, 3.8) is 0 Å². The van der Waals surface area contributed by atoms with Crippen molar-refractivity contribution < 1.29 is 17.2 Å². The molecule has 0 radical (unpaired) electrons. The van der Waals surface area contributed by atoms with E-state index in [-0.39, 0.29) is 22.3 Å². The number of benzene rings is 2. The van der Waals surface area contributed by atoms with Gasteiger partial charge in [-0.1, -0.05) is 18.2 Å². The zero-order chi connectivity index (χ0) is 15.6. The van der Waals surface area contributed by atoms with Crippen LogP contribution in [0.3, 0.4) is 0 Å². The molecule has 4 nitrogen and oxygen atoms in total. The van der Waals surface area contributed by atoms with Crippen molar-refractivity contribution in [3.05, 3.63) is 58.1 Å². The molecule has 0 aliphatic heterocycles. The topological polar surface area (TPSA) is 72.2 Å². The Morgan fingerprint density at radius 3 is 2.48 bits per heavy atom. The van der Waals surface area contributed by atoms with Crippen molar-refractivity contribution >= 4 is 31.6 Å². The summed E-state index contributed by atoms with van der Waals surface area (Å²) in [5.41, 5.74) is 5.80. The number of hydrogen-bond acceptors (Lipinski definition) is 3. The molecule has 0 heterocycles. The first-order valence-electron chi connectivity index (χ1n) is 5.79. The number of nitrogen functional groups attached to an aromatic ring is 1. The monoisotopic (exact) mass is 376 g/mol. The third kappa shape index (κ3) is 3.58. The van der Waals surface area contributed by atoms with E-state index in [2.05, 4.69) is 20.7 Å². The van der Waals surface area contributed by atoms with Gasteiger partial charge in [-0.25, -0.2) is 21.9 Å². The van der Waals surface area contributed by atoms with Crippen molar-refractivity contribution in [3.8, 4) is 0 Å². The van der Waals surface area contributed by atoms with Crippen LogP contribution in [0.15, 0.2) is 45.8 Å². The van der Waals surface area contributed by atoms with E-state index in [0.717, 1.165) is 12.1 Å². The molecule has 0 saturated carbocycles. The van der Waals surface area contributed by atoms with E-state index >= 15 is 0 Å². The van der Waals surface area contributed by atoms with Gasteiger partial charge in [0.1, 0.15) is 16.5 Å². The highest BCUT2D eigenvalue weighted by Gasteiger charge is 2.20. The first kappa shape index (κ1) is 15.9. The highest BCUT2D eigenvalue weighted by molar-refractivity contribution is 9.10. The zero-order valence-electron chi connectivity index (χ0n) is 10.6. The summed E-state index contributed by atoms with van der Waals surface area (Å²) in [6, 6.07) is 7.68. The summed E-state index contributed by atoms with van der Waals surface area (Å²) >= 11 is 3.00. The Hall–Kier alpha value is -1.51. The lowest BCUT2D eigenvalue weighted by Gasteiger charge is -2.10. The van der Waals surface area contributed by atoms with Crippen LogP contribution >= 0.6 is 15.9 Å². The number of halogens is 3. The third-order valence-electron chi connectivity index (χ3n) is 2.75. The Morgan fingerprint density at radius 1 is 1.14 bits per heavy atom. The summed E-state index contributed by atoms with van der Waals surface area (Å²) in [7, 11) is -4.14. The number of sulfonamides is 1. The van der Waals surface area contributed by atoms with Crippen molar-refractivity contribution in [2.24, 2.45) is 0 Å². The van der Waals surface area contributed by atoms with Crippen molar-refractivity contribution in [1.82, 2.24) is 4.72 Å². The molecule has 0 aromatic heterocycles. The fraction of sp³-hybridized carbons (Fsp3) is 0.0769. The normalized spacial score (nSPS) is 11.6. The van der Waals surface area contributed by atoms with Gasteiger partial charge in [-0.15, -0.1) is 0 Å². The number of hydrogen-bond donors (Lipinski definition) is 2. The molecule has 0 aliphatic carbocycles. The number of nitrogens with one attached hydrogen (secondary N) is 1. The fourth-order valence-corrected chi connectivity index (χ4v) is 3.06. The second-order valence-electron chi connectivity index (χ2n) is 4.22. The van der Waals surface area contributed by atoms with E-state index in [1.165, 1.54) is 18.2 Å². The standard InChI is InChI=1S/C13H11BrF2N2O2S/c14-9-5-11(16)13(6-12(9)17)21(19,20)18-7-8-3-1-2-4-10(8)15/h1-6,18H,7,17H2. The Labute approximate surface area is 129 Å². The van der Waals surface area contributed by atoms with Crippen molar-refractivity contribution in [2.75, 3.05) is 5.73 Å². The van der Waals surface area contributed by atoms with Gasteiger partial charge < -0.3 is 5.73 Å². The minimum absolute atomic E-state index is 0.0858. The molecular weight excluding hydrogens is 366 g/mol. The SMILES string of the molecule is Nc1cc(S(=O)(=O)NCc2ccccc2F)c(F)cc1Br. The Morgan fingerprint density at radius 2 is 1.81 bits per heavy atom. The van der Waals surface area contributed by atoms with Crippen LogP contribution in [0, 0.1) is 11.6 Å². The molecule has 2 rings (SSSR count). The van der Waals surface area contributed by atoms with Crippen LogP contribution in [0.1, 0.15) is 5.56 Å². The van der Waals surface area contributed by atoms with Crippen LogP contribution in [0.2, 0.25) is 0 Å². The maximum atomic E-state index is 13.8. The second-order valence-corrected chi connectivity index (χ2v) is 6.81. The molecule has 8 heteroatoms. The van der Waals surface area contributed by atoms with Crippen LogP contribution in [0.5, 0.6) is 0 Å². The predicted molar refractivity (Wildman–Crippen MR) is 78.9 cm³/mol. The summed E-state index contributed by atoms with van der Waals surface area (Å²) in [6.45, 7) is -0.287. The molecular formula is C13H11BrF2N2O2S. The molecule has 0 saturated heterocycles. The molecule has 3 N–H and O–H groups in total. The van der Waals surface area contributed by atoms with Crippen molar-refractivity contribution in [1.29, 1.82) is 0 Å². The van der Waals surface area contributed by atoms with E-state index in [1.54, 1.807) is 6.07 Å². The Balaban J connectivity index is 2.27. The number of nitrogens with two attached hydrogens (primary N) is 1. The van der Waals surface area contributed by atoms with Gasteiger partial charge in [0.2, 0.25) is 10.0 Å². The van der Waals surface area contributed by atoms with E-state index in [9.17, 15) is 17.2 Å². The quantitative estimate of drug-likeness (QED) is 0.805. The summed E-state index contributed by atoms with van der Waals surface area (Å²) in [5, 5.41) is 0. The average molecular weight is 377 g/mol. The summed E-state index contributed by atoms with van der Waals surface area (Å²) in [5.74, 6) is -1.49. The lowest BCUT2D eigenvalue weighted by Crippen LogP contribution is -2.24. The minimum atomic E-state index is -4.14. The van der Waals surface area contributed by atoms with E-state index < -0.39 is 26.6 Å². The van der Waals surface area contributed by atoms with Crippen LogP contribution in [0.25, 0.3) is 0 Å². The molecule has 2 aromatic rings. The second kappa shape index (κ2) is 6.08. The smallest absolute Gasteiger partial charge is 0.243 e. The maximum absolute atomic E-state index is 13.8. The molecule has 0 unspecified atom stereocenters. The molecule has 0 fully saturated rings. The largest absolute Gasteiger partial charge is 0.398 e. The first-order chi connectivity index (χ1) is 9.81. The molecule has 2 aromatic carbocycles. The number of rotatable bonds is 4. The van der Waals surface area contributed by atoms with E-state index in [4.69, 9.17) is 5.73 Å². The van der Waals surface area contributed by atoms with Gasteiger partial charge in [0.25, 0.3) is 0 Å². The van der Waals surface area contributed by atoms with E-state index in [0.29, 0.717) is 0 Å². The van der Waals surface area contributed by atoms with E-state index in [1.807, 2.05) is 0 Å². The molecule has 0 atom stereocenters. The molecule has 0 aliphatic rings. The minimum Gasteiger partial charge on any atom is -0.398 e. The maximum Gasteiger partial charge on any atom is 0.243 e. The Bertz CT molecular complexity index is 782. The van der Waals surface area contributed by atoms with Gasteiger partial charge in [-0.2, -0.15) is 0 Å². The van der Waals surface area contributed by atoms with Crippen LogP contribution < -0.4 is 10.5 Å². The zero-order valence-corrected chi connectivity index (χ0v) is 13.0. The summed E-state index contributed by atoms with van der Waals surface area (Å²) in [4.78, 5) is -0.584. The van der Waals surface area contributed by atoms with Crippen molar-refractivity contribution in [2.45, 2.75) is 11.4 Å². The predicted octanol–water partition coefficient (Wildman–Crippen LogP) is 2.79. The van der Waals surface area contributed by atoms with Gasteiger partial charge in [0.05, 0.1) is 0 Å². The lowest BCUT2D eigenvalue weighted by atomic mass is 10.2. The Kier molecular flexibility index (Phi) is 4.60.